The molecule has 1 aromatic carbocycles. The van der Waals surface area contributed by atoms with E-state index in [1.54, 1.807) is 18.2 Å². The van der Waals surface area contributed by atoms with Crippen LogP contribution in [0.4, 0.5) is 15.8 Å². The number of carbonyl (C=O) groups excluding carboxylic acids is 1. The van der Waals surface area contributed by atoms with E-state index in [9.17, 15) is 9.18 Å². The fourth-order valence-corrected chi connectivity index (χ4v) is 2.25. The van der Waals surface area contributed by atoms with Crippen LogP contribution in [0.25, 0.3) is 0 Å². The van der Waals surface area contributed by atoms with Gasteiger partial charge in [0.15, 0.2) is 0 Å². The van der Waals surface area contributed by atoms with Crippen molar-refractivity contribution in [2.75, 3.05) is 23.3 Å². The fraction of sp³-hybridized carbons (Fsp3) is 0.429. The number of anilines is 2. The van der Waals surface area contributed by atoms with Crippen molar-refractivity contribution in [2.24, 2.45) is 0 Å². The summed E-state index contributed by atoms with van der Waals surface area (Å²) in [5.74, 6) is -0.760. The topological polar surface area (TPSA) is 56.1 Å². The third-order valence-corrected chi connectivity index (χ3v) is 3.17. The van der Waals surface area contributed by atoms with Crippen LogP contribution in [0.1, 0.15) is 25.7 Å². The second kappa shape index (κ2) is 6.19. The lowest BCUT2D eigenvalue weighted by molar-refractivity contribution is -0.115. The molecule has 1 heterocycles. The highest BCUT2D eigenvalue weighted by Crippen LogP contribution is 2.25. The molecule has 19 heavy (non-hydrogen) atoms. The molecule has 0 saturated carbocycles. The summed E-state index contributed by atoms with van der Waals surface area (Å²) in [4.78, 5) is 13.3. The van der Waals surface area contributed by atoms with Crippen LogP contribution in [0, 0.1) is 17.1 Å². The third kappa shape index (κ3) is 3.44. The highest BCUT2D eigenvalue weighted by molar-refractivity contribution is 5.92. The average molecular weight is 261 g/mol. The summed E-state index contributed by atoms with van der Waals surface area (Å²) in [5.41, 5.74) is 0.969. The van der Waals surface area contributed by atoms with Gasteiger partial charge in [0.25, 0.3) is 0 Å². The number of halogens is 1. The monoisotopic (exact) mass is 261 g/mol. The van der Waals surface area contributed by atoms with Gasteiger partial charge in [-0.05, 0) is 37.5 Å². The zero-order valence-electron chi connectivity index (χ0n) is 10.7. The summed E-state index contributed by atoms with van der Waals surface area (Å²) >= 11 is 0. The molecule has 1 fully saturated rings. The first-order valence-electron chi connectivity index (χ1n) is 6.42. The average Bonchev–Trinajstić information content (AvgIpc) is 2.40. The zero-order valence-corrected chi connectivity index (χ0v) is 10.7. The second-order valence-electron chi connectivity index (χ2n) is 4.60. The van der Waals surface area contributed by atoms with E-state index < -0.39 is 5.91 Å². The van der Waals surface area contributed by atoms with Crippen molar-refractivity contribution in [1.29, 1.82) is 5.26 Å². The summed E-state index contributed by atoms with van der Waals surface area (Å²) in [6, 6.07) is 6.41. The predicted octanol–water partition coefficient (Wildman–Crippen LogP) is 2.67. The molecule has 0 aromatic heterocycles. The van der Waals surface area contributed by atoms with Gasteiger partial charge in [-0.3, -0.25) is 4.79 Å². The van der Waals surface area contributed by atoms with Gasteiger partial charge in [-0.25, -0.2) is 4.39 Å². The number of rotatable bonds is 3. The molecule has 1 N–H and O–H groups in total. The Morgan fingerprint density at radius 3 is 2.74 bits per heavy atom. The molecule has 0 atom stereocenters. The van der Waals surface area contributed by atoms with Crippen LogP contribution in [0.3, 0.4) is 0 Å². The highest BCUT2D eigenvalue weighted by atomic mass is 19.1. The maximum Gasteiger partial charge on any atom is 0.238 e. The van der Waals surface area contributed by atoms with Gasteiger partial charge in [0.2, 0.25) is 5.91 Å². The third-order valence-electron chi connectivity index (χ3n) is 3.17. The van der Waals surface area contributed by atoms with Gasteiger partial charge in [-0.15, -0.1) is 0 Å². The van der Waals surface area contributed by atoms with Gasteiger partial charge in [0.1, 0.15) is 12.2 Å². The van der Waals surface area contributed by atoms with Gasteiger partial charge in [-0.1, -0.05) is 0 Å². The minimum atomic E-state index is -0.423. The first kappa shape index (κ1) is 13.3. The van der Waals surface area contributed by atoms with Crippen LogP contribution in [0.2, 0.25) is 0 Å². The molecule has 100 valence electrons. The summed E-state index contributed by atoms with van der Waals surface area (Å²) < 4.78 is 14.0. The molecule has 0 radical (unpaired) electrons. The van der Waals surface area contributed by atoms with E-state index in [1.807, 2.05) is 4.90 Å². The van der Waals surface area contributed by atoms with E-state index in [4.69, 9.17) is 5.26 Å². The molecule has 5 heteroatoms. The van der Waals surface area contributed by atoms with Gasteiger partial charge in [0, 0.05) is 18.8 Å². The number of amides is 1. The molecule has 2 rings (SSSR count). The maximum atomic E-state index is 14.0. The largest absolute Gasteiger partial charge is 0.369 e. The number of hydrogen-bond donors (Lipinski definition) is 1. The first-order chi connectivity index (χ1) is 9.20. The smallest absolute Gasteiger partial charge is 0.238 e. The molecular weight excluding hydrogens is 245 g/mol. The van der Waals surface area contributed by atoms with Crippen molar-refractivity contribution in [3.63, 3.8) is 0 Å². The Morgan fingerprint density at radius 1 is 1.37 bits per heavy atom. The van der Waals surface area contributed by atoms with E-state index in [1.165, 1.54) is 12.5 Å². The van der Waals surface area contributed by atoms with Crippen LogP contribution in [0.15, 0.2) is 18.2 Å². The Kier molecular flexibility index (Phi) is 4.35. The molecular formula is C14H16FN3O. The molecule has 0 aliphatic carbocycles. The van der Waals surface area contributed by atoms with E-state index in [0.29, 0.717) is 11.4 Å². The van der Waals surface area contributed by atoms with Crippen molar-refractivity contribution in [3.05, 3.63) is 24.0 Å². The number of nitriles is 1. The van der Waals surface area contributed by atoms with E-state index in [-0.39, 0.29) is 12.2 Å². The fourth-order valence-electron chi connectivity index (χ4n) is 2.25. The predicted molar refractivity (Wildman–Crippen MR) is 71.3 cm³/mol. The summed E-state index contributed by atoms with van der Waals surface area (Å²) in [6.45, 7) is 1.74. The lowest BCUT2D eigenvalue weighted by atomic mass is 10.1. The standard InChI is InChI=1S/C14H16FN3O/c15-12-10-11(17-14(19)6-7-16)4-5-13(12)18-8-2-1-3-9-18/h4-5,10H,1-3,6,8-9H2,(H,17,19). The lowest BCUT2D eigenvalue weighted by Crippen LogP contribution is -2.30. The number of nitrogens with zero attached hydrogens (tertiary/aromatic N) is 2. The molecule has 1 amide bonds. The maximum absolute atomic E-state index is 14.0. The van der Waals surface area contributed by atoms with Crippen molar-refractivity contribution >= 4 is 17.3 Å². The number of nitrogens with one attached hydrogen (secondary N) is 1. The minimum Gasteiger partial charge on any atom is -0.369 e. The van der Waals surface area contributed by atoms with Crippen LogP contribution in [0.5, 0.6) is 0 Å². The van der Waals surface area contributed by atoms with Crippen molar-refractivity contribution in [2.45, 2.75) is 25.7 Å². The van der Waals surface area contributed by atoms with Crippen LogP contribution in [-0.4, -0.2) is 19.0 Å². The molecule has 1 aliphatic rings. The molecule has 1 aromatic rings. The number of benzene rings is 1. The van der Waals surface area contributed by atoms with Gasteiger partial charge < -0.3 is 10.2 Å². The van der Waals surface area contributed by atoms with Gasteiger partial charge in [-0.2, -0.15) is 5.26 Å². The molecule has 4 nitrogen and oxygen atoms in total. The molecule has 1 saturated heterocycles. The Hall–Kier alpha value is -2.09. The van der Waals surface area contributed by atoms with Crippen molar-refractivity contribution in [1.82, 2.24) is 0 Å². The van der Waals surface area contributed by atoms with Gasteiger partial charge in [0.05, 0.1) is 11.8 Å². The summed E-state index contributed by atoms with van der Waals surface area (Å²) in [5, 5.41) is 10.9. The lowest BCUT2D eigenvalue weighted by Gasteiger charge is -2.29. The molecule has 0 spiro atoms. The highest BCUT2D eigenvalue weighted by Gasteiger charge is 2.15. The number of piperidine rings is 1. The zero-order chi connectivity index (χ0) is 13.7. The quantitative estimate of drug-likeness (QED) is 0.910. The summed E-state index contributed by atoms with van der Waals surface area (Å²) in [7, 11) is 0. The van der Waals surface area contributed by atoms with Crippen LogP contribution >= 0.6 is 0 Å². The Balaban J connectivity index is 2.08. The first-order valence-corrected chi connectivity index (χ1v) is 6.42. The Labute approximate surface area is 111 Å². The van der Waals surface area contributed by atoms with Crippen LogP contribution in [-0.2, 0) is 4.79 Å². The minimum absolute atomic E-state index is 0.227. The van der Waals surface area contributed by atoms with Gasteiger partial charge >= 0.3 is 0 Å². The van der Waals surface area contributed by atoms with E-state index in [0.717, 1.165) is 25.9 Å². The second-order valence-corrected chi connectivity index (χ2v) is 4.60. The normalized spacial score (nSPS) is 14.8. The SMILES string of the molecule is N#CCC(=O)Nc1ccc(N2CCCCC2)c(F)c1. The number of carbonyl (C=O) groups is 1. The van der Waals surface area contributed by atoms with Crippen molar-refractivity contribution in [3.8, 4) is 6.07 Å². The summed E-state index contributed by atoms with van der Waals surface area (Å²) in [6.07, 6.45) is 3.14. The van der Waals surface area contributed by atoms with E-state index >= 15 is 0 Å². The van der Waals surface area contributed by atoms with E-state index in [2.05, 4.69) is 5.32 Å². The Morgan fingerprint density at radius 2 is 2.11 bits per heavy atom. The Bertz CT molecular complexity index is 504. The number of hydrogen-bond acceptors (Lipinski definition) is 3. The molecule has 0 unspecified atom stereocenters. The van der Waals surface area contributed by atoms with Crippen molar-refractivity contribution < 1.29 is 9.18 Å². The molecule has 1 aliphatic heterocycles. The molecule has 0 bridgehead atoms. The van der Waals surface area contributed by atoms with Crippen LogP contribution < -0.4 is 10.2 Å².